The smallest absolute Gasteiger partial charge is 0.251 e. The highest BCUT2D eigenvalue weighted by molar-refractivity contribution is 6.00. The minimum Gasteiger partial charge on any atom is -0.326 e. The fraction of sp³-hybridized carbons (Fsp3) is 0.361. The fourth-order valence-electron chi connectivity index (χ4n) is 6.59. The molecule has 3 aromatic rings. The van der Waals surface area contributed by atoms with Crippen molar-refractivity contribution in [1.82, 2.24) is 15.1 Å². The first kappa shape index (κ1) is 29.0. The molecular formula is C36H37N5O4. The quantitative estimate of drug-likeness (QED) is 0.269. The molecule has 9 nitrogen and oxygen atoms in total. The Labute approximate surface area is 262 Å². The third kappa shape index (κ3) is 5.87. The van der Waals surface area contributed by atoms with Gasteiger partial charge in [0.15, 0.2) is 0 Å². The summed E-state index contributed by atoms with van der Waals surface area (Å²) in [7, 11) is 0. The second-order valence-corrected chi connectivity index (χ2v) is 12.6. The number of benzene rings is 2. The van der Waals surface area contributed by atoms with E-state index in [0.717, 1.165) is 61.0 Å². The molecule has 3 atom stereocenters. The molecule has 2 fully saturated rings. The molecule has 230 valence electrons. The van der Waals surface area contributed by atoms with Crippen molar-refractivity contribution in [2.24, 2.45) is 23.7 Å². The van der Waals surface area contributed by atoms with Crippen LogP contribution in [0.25, 0.3) is 22.5 Å². The second kappa shape index (κ2) is 12.3. The van der Waals surface area contributed by atoms with Crippen LogP contribution in [0.1, 0.15) is 44.9 Å². The third-order valence-corrected chi connectivity index (χ3v) is 9.79. The number of ketones is 1. The van der Waals surface area contributed by atoms with Gasteiger partial charge in [-0.05, 0) is 68.0 Å². The Morgan fingerprint density at radius 3 is 2.04 bits per heavy atom. The summed E-state index contributed by atoms with van der Waals surface area (Å²) in [6, 6.07) is 16.4. The highest BCUT2D eigenvalue weighted by Gasteiger charge is 2.39. The van der Waals surface area contributed by atoms with Crippen LogP contribution in [0.4, 0.5) is 11.4 Å². The zero-order valence-electron chi connectivity index (χ0n) is 25.1. The molecule has 3 aliphatic carbocycles. The van der Waals surface area contributed by atoms with Crippen LogP contribution in [0.3, 0.4) is 0 Å². The summed E-state index contributed by atoms with van der Waals surface area (Å²) in [5.74, 6) is -0.528. The number of aromatic nitrogens is 2. The Morgan fingerprint density at radius 2 is 1.40 bits per heavy atom. The minimum absolute atomic E-state index is 0.0546. The van der Waals surface area contributed by atoms with Gasteiger partial charge in [0.25, 0.3) is 5.91 Å². The average molecular weight is 604 g/mol. The molecule has 0 radical (unpaired) electrons. The Hall–Kier alpha value is -4.79. The van der Waals surface area contributed by atoms with E-state index in [9.17, 15) is 19.2 Å². The maximum atomic E-state index is 13.0. The first-order valence-electron chi connectivity index (χ1n) is 16.0. The number of hydrogen-bond donors (Lipinski definition) is 3. The summed E-state index contributed by atoms with van der Waals surface area (Å²) < 4.78 is 0. The van der Waals surface area contributed by atoms with Gasteiger partial charge in [0.1, 0.15) is 11.8 Å². The molecule has 3 amide bonds. The molecule has 0 bridgehead atoms. The number of hydrogen-bond acceptors (Lipinski definition) is 5. The lowest BCUT2D eigenvalue weighted by Gasteiger charge is -2.32. The van der Waals surface area contributed by atoms with Gasteiger partial charge >= 0.3 is 0 Å². The van der Waals surface area contributed by atoms with Crippen molar-refractivity contribution >= 4 is 34.9 Å². The van der Waals surface area contributed by atoms with E-state index in [1.165, 1.54) is 0 Å². The number of aromatic amines is 1. The molecule has 3 N–H and O–H groups in total. The normalized spacial score (nSPS) is 22.6. The van der Waals surface area contributed by atoms with Crippen LogP contribution in [0.5, 0.6) is 0 Å². The fourth-order valence-corrected chi connectivity index (χ4v) is 6.59. The summed E-state index contributed by atoms with van der Waals surface area (Å²) in [6.07, 6.45) is 14.0. The van der Waals surface area contributed by atoms with Crippen molar-refractivity contribution in [3.63, 3.8) is 0 Å². The molecule has 2 saturated carbocycles. The first-order chi connectivity index (χ1) is 21.9. The largest absolute Gasteiger partial charge is 0.326 e. The van der Waals surface area contributed by atoms with Crippen LogP contribution in [0, 0.1) is 23.7 Å². The van der Waals surface area contributed by atoms with Gasteiger partial charge in [-0.1, -0.05) is 61.4 Å². The molecule has 0 saturated heterocycles. The van der Waals surface area contributed by atoms with Gasteiger partial charge < -0.3 is 15.5 Å². The monoisotopic (exact) mass is 603 g/mol. The van der Waals surface area contributed by atoms with Crippen LogP contribution in [0.15, 0.2) is 78.9 Å². The van der Waals surface area contributed by atoms with E-state index in [-0.39, 0.29) is 41.3 Å². The van der Waals surface area contributed by atoms with Gasteiger partial charge in [0.05, 0.1) is 17.3 Å². The van der Waals surface area contributed by atoms with E-state index in [4.69, 9.17) is 0 Å². The Bertz CT molecular complexity index is 1540. The number of anilines is 2. The number of nitrogens with zero attached hydrogens (tertiary/aromatic N) is 2. The molecule has 0 spiro atoms. The van der Waals surface area contributed by atoms with E-state index < -0.39 is 12.0 Å². The zero-order valence-corrected chi connectivity index (χ0v) is 25.1. The molecular weight excluding hydrogens is 566 g/mol. The number of carbonyl (C=O) groups excluding carboxylic acids is 4. The van der Waals surface area contributed by atoms with E-state index in [0.29, 0.717) is 24.3 Å². The number of H-pyrrole nitrogens is 1. The molecule has 1 unspecified atom stereocenters. The average Bonchev–Trinajstić information content (AvgIpc) is 3.77. The first-order valence-corrected chi connectivity index (χ1v) is 16.0. The van der Waals surface area contributed by atoms with Gasteiger partial charge in [-0.2, -0.15) is 5.10 Å². The van der Waals surface area contributed by atoms with Gasteiger partial charge in [-0.3, -0.25) is 24.3 Å². The number of nitrogens with one attached hydrogen (secondary N) is 3. The molecule has 45 heavy (non-hydrogen) atoms. The summed E-state index contributed by atoms with van der Waals surface area (Å²) >= 11 is 0. The van der Waals surface area contributed by atoms with Gasteiger partial charge in [0, 0.05) is 41.2 Å². The molecule has 2 heterocycles. The van der Waals surface area contributed by atoms with Crippen LogP contribution in [-0.2, 0) is 19.2 Å². The van der Waals surface area contributed by atoms with E-state index >= 15 is 0 Å². The molecule has 1 aliphatic heterocycles. The van der Waals surface area contributed by atoms with E-state index in [1.807, 2.05) is 72.8 Å². The number of allylic oxidation sites excluding steroid dienone is 1. The third-order valence-electron chi connectivity index (χ3n) is 9.79. The molecule has 9 heteroatoms. The predicted octanol–water partition coefficient (Wildman–Crippen LogP) is 5.75. The number of carbonyl (C=O) groups is 4. The van der Waals surface area contributed by atoms with Crippen LogP contribution in [0.2, 0.25) is 0 Å². The van der Waals surface area contributed by atoms with Crippen LogP contribution in [-0.4, -0.2) is 51.2 Å². The van der Waals surface area contributed by atoms with E-state index in [1.54, 1.807) is 11.0 Å². The number of amides is 3. The molecule has 7 rings (SSSR count). The lowest BCUT2D eigenvalue weighted by Crippen LogP contribution is -2.47. The van der Waals surface area contributed by atoms with Gasteiger partial charge in [-0.15, -0.1) is 0 Å². The standard InChI is InChI=1S/C36H37N5O4/c42-33(24-5-1-6-24)28-9-3-10-29(28)34(43)37-26-16-12-22(13-17-26)30-21-31(40-39-30)23-14-18-27(19-15-23)38-35(44)32-11-4-20-41(32)36(45)25-7-2-8-25/h3-4,10-19,21,24-25,28-29,32H,1-2,5-9,20H2,(H,37,43)(H,38,44)(H,39,40)/t28?,29-,32+/m1/s1. The zero-order chi connectivity index (χ0) is 30.9. The minimum atomic E-state index is -0.578. The van der Waals surface area contributed by atoms with Crippen molar-refractivity contribution in [3.05, 3.63) is 78.9 Å². The Morgan fingerprint density at radius 1 is 0.756 bits per heavy atom. The van der Waals surface area contributed by atoms with Crippen molar-refractivity contribution in [3.8, 4) is 22.5 Å². The molecule has 4 aliphatic rings. The van der Waals surface area contributed by atoms with E-state index in [2.05, 4.69) is 20.8 Å². The lowest BCUT2D eigenvalue weighted by molar-refractivity contribution is -0.141. The highest BCUT2D eigenvalue weighted by atomic mass is 16.2. The summed E-state index contributed by atoms with van der Waals surface area (Å²) in [6.45, 7) is 0.479. The van der Waals surface area contributed by atoms with Crippen molar-refractivity contribution in [2.75, 3.05) is 17.2 Å². The summed E-state index contributed by atoms with van der Waals surface area (Å²) in [5.41, 5.74) is 4.72. The van der Waals surface area contributed by atoms with Crippen molar-refractivity contribution in [2.45, 2.75) is 51.0 Å². The lowest BCUT2D eigenvalue weighted by atomic mass is 9.75. The van der Waals surface area contributed by atoms with Gasteiger partial charge in [0.2, 0.25) is 11.8 Å². The molecule has 1 aromatic heterocycles. The Balaban J connectivity index is 0.948. The number of rotatable bonds is 9. The van der Waals surface area contributed by atoms with Crippen LogP contribution < -0.4 is 10.6 Å². The van der Waals surface area contributed by atoms with Crippen LogP contribution >= 0.6 is 0 Å². The van der Waals surface area contributed by atoms with Crippen molar-refractivity contribution < 1.29 is 19.2 Å². The maximum Gasteiger partial charge on any atom is 0.251 e. The molecule has 2 aromatic carbocycles. The topological polar surface area (TPSA) is 124 Å². The SMILES string of the molecule is O=C(C1CCC1)C1CC=C[C@H]1C(=O)Nc1ccc(-c2cc(-c3ccc(NC(=O)[C@@H]4C=CCN4C(=O)C4CCC4)cc3)[nH]n2)cc1. The number of Topliss-reactive ketones (excluding diaryl/α,β-unsaturated/α-hetero) is 1. The van der Waals surface area contributed by atoms with Crippen molar-refractivity contribution in [1.29, 1.82) is 0 Å². The summed E-state index contributed by atoms with van der Waals surface area (Å²) in [4.78, 5) is 53.2. The second-order valence-electron chi connectivity index (χ2n) is 12.6. The predicted molar refractivity (Wildman–Crippen MR) is 172 cm³/mol. The van der Waals surface area contributed by atoms with Gasteiger partial charge in [-0.25, -0.2) is 0 Å². The summed E-state index contributed by atoms with van der Waals surface area (Å²) in [5, 5.41) is 13.5. The maximum absolute atomic E-state index is 13.0. The Kier molecular flexibility index (Phi) is 7.92. The highest BCUT2D eigenvalue weighted by Crippen LogP contribution is 2.37.